The number of nitrogens with one attached hydrogen (secondary N) is 1. The first-order valence-electron chi connectivity index (χ1n) is 13.2. The lowest BCUT2D eigenvalue weighted by Crippen LogP contribution is -2.54. The highest BCUT2D eigenvalue weighted by Gasteiger charge is 2.34. The van der Waals surface area contributed by atoms with Crippen LogP contribution in [-0.4, -0.2) is 50.0 Å². The molecule has 212 valence electrons. The lowest BCUT2D eigenvalue weighted by atomic mass is 10.0. The molecule has 0 aliphatic heterocycles. The van der Waals surface area contributed by atoms with Gasteiger partial charge in [0, 0.05) is 24.0 Å². The van der Waals surface area contributed by atoms with Crippen LogP contribution in [-0.2, 0) is 32.6 Å². The van der Waals surface area contributed by atoms with Gasteiger partial charge in [-0.1, -0.05) is 79.0 Å². The molecule has 0 saturated heterocycles. The summed E-state index contributed by atoms with van der Waals surface area (Å²) in [6, 6.07) is 20.7. The minimum Gasteiger partial charge on any atom is -0.352 e. The van der Waals surface area contributed by atoms with Gasteiger partial charge in [0.15, 0.2) is 0 Å². The summed E-state index contributed by atoms with van der Waals surface area (Å²) in [5.74, 6) is -1.74. The van der Waals surface area contributed by atoms with Crippen molar-refractivity contribution in [3.8, 4) is 0 Å². The number of nitrogens with zero attached hydrogens (tertiary/aromatic N) is 2. The number of anilines is 1. The second-order valence-corrected chi connectivity index (χ2v) is 12.4. The van der Waals surface area contributed by atoms with Crippen molar-refractivity contribution in [3.05, 3.63) is 101 Å². The Balaban J connectivity index is 1.73. The molecule has 1 atom stereocenters. The number of para-hydroxylation sites is 1. The van der Waals surface area contributed by atoms with Crippen LogP contribution in [0.4, 0.5) is 10.1 Å². The van der Waals surface area contributed by atoms with E-state index < -0.39 is 34.3 Å². The van der Waals surface area contributed by atoms with E-state index in [4.69, 9.17) is 11.6 Å². The van der Waals surface area contributed by atoms with E-state index >= 15 is 0 Å². The largest absolute Gasteiger partial charge is 0.352 e. The molecule has 0 spiro atoms. The molecule has 1 fully saturated rings. The average Bonchev–Trinajstić information content (AvgIpc) is 3.43. The summed E-state index contributed by atoms with van der Waals surface area (Å²) in [6.45, 7) is -0.674. The predicted octanol–water partition coefficient (Wildman–Crippen LogP) is 4.94. The number of sulfonamides is 1. The number of halogens is 2. The standard InChI is InChI=1S/C30H33ClFN3O4S/c1-40(38,39)35(27-17-8-7-16-26(27)32)21-29(36)34(20-23-12-9-13-24(31)18-23)28(19-22-10-3-2-4-11-22)30(37)33-25-14-5-6-15-25/h2-4,7-13,16-18,25,28H,5-6,14-15,19-21H2,1H3,(H,33,37)/t28-/m0/s1. The zero-order valence-corrected chi connectivity index (χ0v) is 23.9. The molecule has 1 aliphatic carbocycles. The number of hydrogen-bond acceptors (Lipinski definition) is 4. The molecule has 0 unspecified atom stereocenters. The van der Waals surface area contributed by atoms with Crippen LogP contribution in [0.15, 0.2) is 78.9 Å². The first-order chi connectivity index (χ1) is 19.1. The van der Waals surface area contributed by atoms with Crippen LogP contribution in [0, 0.1) is 5.82 Å². The molecule has 1 aliphatic rings. The second kappa shape index (κ2) is 13.3. The summed E-state index contributed by atoms with van der Waals surface area (Å²) in [6.07, 6.45) is 4.89. The first kappa shape index (κ1) is 29.6. The Labute approximate surface area is 240 Å². The maximum Gasteiger partial charge on any atom is 0.244 e. The number of carbonyl (C=O) groups is 2. The zero-order valence-electron chi connectivity index (χ0n) is 22.3. The van der Waals surface area contributed by atoms with Gasteiger partial charge in [-0.15, -0.1) is 0 Å². The van der Waals surface area contributed by atoms with Crippen molar-refractivity contribution >= 4 is 39.1 Å². The molecule has 40 heavy (non-hydrogen) atoms. The van der Waals surface area contributed by atoms with Crippen molar-refractivity contribution in [2.75, 3.05) is 17.1 Å². The van der Waals surface area contributed by atoms with Crippen LogP contribution >= 0.6 is 11.6 Å². The van der Waals surface area contributed by atoms with E-state index in [-0.39, 0.29) is 30.6 Å². The smallest absolute Gasteiger partial charge is 0.244 e. The summed E-state index contributed by atoms with van der Waals surface area (Å²) in [5.41, 5.74) is 1.27. The Morgan fingerprint density at radius 2 is 1.62 bits per heavy atom. The van der Waals surface area contributed by atoms with E-state index in [1.807, 2.05) is 30.3 Å². The van der Waals surface area contributed by atoms with E-state index in [2.05, 4.69) is 5.32 Å². The molecule has 3 aromatic carbocycles. The predicted molar refractivity (Wildman–Crippen MR) is 155 cm³/mol. The number of carbonyl (C=O) groups excluding carboxylic acids is 2. The number of rotatable bonds is 11. The quantitative estimate of drug-likeness (QED) is 0.345. The van der Waals surface area contributed by atoms with E-state index in [1.54, 1.807) is 24.3 Å². The normalized spacial score (nSPS) is 14.5. The minimum absolute atomic E-state index is 0.00382. The van der Waals surface area contributed by atoms with Crippen molar-refractivity contribution in [2.24, 2.45) is 0 Å². The fourth-order valence-electron chi connectivity index (χ4n) is 5.00. The van der Waals surface area contributed by atoms with Crippen molar-refractivity contribution in [3.63, 3.8) is 0 Å². The Hall–Kier alpha value is -3.43. The van der Waals surface area contributed by atoms with Crippen molar-refractivity contribution < 1.29 is 22.4 Å². The molecule has 0 heterocycles. The fraction of sp³-hybridized carbons (Fsp3) is 0.333. The molecule has 1 saturated carbocycles. The van der Waals surface area contributed by atoms with E-state index in [1.165, 1.54) is 23.1 Å². The maximum absolute atomic E-state index is 14.7. The SMILES string of the molecule is CS(=O)(=O)N(CC(=O)N(Cc1cccc(Cl)c1)[C@@H](Cc1ccccc1)C(=O)NC1CCCC1)c1ccccc1F. The first-order valence-corrected chi connectivity index (χ1v) is 15.4. The van der Waals surface area contributed by atoms with Gasteiger partial charge in [0.25, 0.3) is 0 Å². The van der Waals surface area contributed by atoms with Gasteiger partial charge in [-0.2, -0.15) is 0 Å². The third kappa shape index (κ3) is 7.82. The van der Waals surface area contributed by atoms with Crippen LogP contribution < -0.4 is 9.62 Å². The van der Waals surface area contributed by atoms with Crippen LogP contribution in [0.25, 0.3) is 0 Å². The Bertz CT molecular complexity index is 1430. The van der Waals surface area contributed by atoms with Crippen LogP contribution in [0.2, 0.25) is 5.02 Å². The molecule has 0 aromatic heterocycles. The molecular formula is C30H33ClFN3O4S. The van der Waals surface area contributed by atoms with Gasteiger partial charge in [0.05, 0.1) is 11.9 Å². The van der Waals surface area contributed by atoms with Crippen LogP contribution in [0.3, 0.4) is 0 Å². The fourth-order valence-corrected chi connectivity index (χ4v) is 6.07. The highest BCUT2D eigenvalue weighted by atomic mass is 35.5. The number of hydrogen-bond donors (Lipinski definition) is 1. The lowest BCUT2D eigenvalue weighted by Gasteiger charge is -2.34. The second-order valence-electron chi connectivity index (χ2n) is 10.1. The Morgan fingerprint density at radius 3 is 2.27 bits per heavy atom. The molecule has 10 heteroatoms. The lowest BCUT2D eigenvalue weighted by molar-refractivity contribution is -0.140. The molecule has 0 bridgehead atoms. The third-order valence-corrected chi connectivity index (χ3v) is 8.38. The van der Waals surface area contributed by atoms with Gasteiger partial charge >= 0.3 is 0 Å². The molecule has 2 amide bonds. The summed E-state index contributed by atoms with van der Waals surface area (Å²) in [4.78, 5) is 29.2. The summed E-state index contributed by atoms with van der Waals surface area (Å²) in [7, 11) is -4.05. The molecule has 0 radical (unpaired) electrons. The highest BCUT2D eigenvalue weighted by molar-refractivity contribution is 7.92. The van der Waals surface area contributed by atoms with Crippen LogP contribution in [0.5, 0.6) is 0 Å². The van der Waals surface area contributed by atoms with Crippen molar-refractivity contribution in [1.82, 2.24) is 10.2 Å². The Morgan fingerprint density at radius 1 is 0.975 bits per heavy atom. The topological polar surface area (TPSA) is 86.8 Å². The van der Waals surface area contributed by atoms with Crippen LogP contribution in [0.1, 0.15) is 36.8 Å². The number of amides is 2. The summed E-state index contributed by atoms with van der Waals surface area (Å²) < 4.78 is 41.0. The maximum atomic E-state index is 14.7. The van der Waals surface area contributed by atoms with E-state index in [0.29, 0.717) is 10.6 Å². The van der Waals surface area contributed by atoms with Crippen molar-refractivity contribution in [2.45, 2.75) is 50.7 Å². The molecule has 7 nitrogen and oxygen atoms in total. The molecule has 3 aromatic rings. The highest BCUT2D eigenvalue weighted by Crippen LogP contribution is 2.24. The van der Waals surface area contributed by atoms with Gasteiger partial charge in [0.1, 0.15) is 18.4 Å². The van der Waals surface area contributed by atoms with Gasteiger partial charge in [-0.05, 0) is 48.2 Å². The number of benzene rings is 3. The zero-order chi connectivity index (χ0) is 28.7. The Kier molecular flexibility index (Phi) is 9.81. The van der Waals surface area contributed by atoms with E-state index in [9.17, 15) is 22.4 Å². The molecule has 1 N–H and O–H groups in total. The van der Waals surface area contributed by atoms with Gasteiger partial charge in [0.2, 0.25) is 21.8 Å². The molecular weight excluding hydrogens is 553 g/mol. The van der Waals surface area contributed by atoms with Crippen molar-refractivity contribution in [1.29, 1.82) is 0 Å². The van der Waals surface area contributed by atoms with Gasteiger partial charge < -0.3 is 10.2 Å². The summed E-state index contributed by atoms with van der Waals surface area (Å²) >= 11 is 6.22. The summed E-state index contributed by atoms with van der Waals surface area (Å²) in [5, 5.41) is 3.57. The van der Waals surface area contributed by atoms with Gasteiger partial charge in [-0.25, -0.2) is 12.8 Å². The molecule has 4 rings (SSSR count). The van der Waals surface area contributed by atoms with Gasteiger partial charge in [-0.3, -0.25) is 13.9 Å². The third-order valence-electron chi connectivity index (χ3n) is 7.01. The monoisotopic (exact) mass is 585 g/mol. The average molecular weight is 586 g/mol. The van der Waals surface area contributed by atoms with E-state index in [0.717, 1.165) is 47.9 Å². The minimum atomic E-state index is -4.05.